The van der Waals surface area contributed by atoms with Crippen LogP contribution in [0.4, 0.5) is 17.6 Å². The molecule has 0 N–H and O–H groups in total. The largest absolute Gasteiger partial charge is 0.404 e. The maximum atomic E-state index is 13.8. The Balaban J connectivity index is 2.67. The summed E-state index contributed by atoms with van der Waals surface area (Å²) in [5.74, 6) is -6.45. The molecule has 0 atom stereocenters. The average molecular weight is 270 g/mol. The second kappa shape index (κ2) is 3.66. The molecule has 0 fully saturated rings. The fourth-order valence-electron chi connectivity index (χ4n) is 2.16. The van der Waals surface area contributed by atoms with Crippen molar-refractivity contribution in [3.8, 4) is 0 Å². The van der Waals surface area contributed by atoms with Gasteiger partial charge in [-0.05, 0) is 6.92 Å². The summed E-state index contributed by atoms with van der Waals surface area (Å²) in [7, 11) is 1.62. The number of halogens is 4. The number of imidazole rings is 1. The molecule has 7 heteroatoms. The minimum absolute atomic E-state index is 0.184. The number of aryl methyl sites for hydroxylation is 2. The highest BCUT2D eigenvalue weighted by molar-refractivity contribution is 5.80. The van der Waals surface area contributed by atoms with Gasteiger partial charge in [-0.25, -0.2) is 13.3 Å². The monoisotopic (exact) mass is 270 g/mol. The van der Waals surface area contributed by atoms with Gasteiger partial charge in [0.1, 0.15) is 0 Å². The molecule has 0 unspecified atom stereocenters. The van der Waals surface area contributed by atoms with E-state index in [0.717, 1.165) is 5.56 Å². The van der Waals surface area contributed by atoms with Crippen molar-refractivity contribution in [3.05, 3.63) is 41.2 Å². The molecule has 0 saturated carbocycles. The number of nitrogens with zero attached hydrogens (tertiary/aromatic N) is 3. The molecule has 1 aromatic carbocycles. The Morgan fingerprint density at radius 1 is 1.05 bits per heavy atom. The lowest BCUT2D eigenvalue weighted by atomic mass is 10.2. The Kier molecular flexibility index (Phi) is 2.29. The van der Waals surface area contributed by atoms with Crippen molar-refractivity contribution >= 4 is 16.8 Å². The Morgan fingerprint density at radius 2 is 1.68 bits per heavy atom. The Morgan fingerprint density at radius 3 is 2.37 bits per heavy atom. The van der Waals surface area contributed by atoms with Crippen LogP contribution in [-0.4, -0.2) is 9.38 Å². The summed E-state index contributed by atoms with van der Waals surface area (Å²) in [6.07, 6.45) is 3.16. The first kappa shape index (κ1) is 11.9. The standard InChI is InChI=1S/C12H8F4N3/c1-5-3-18(2)12-17-10-8(15)6(13)7(14)9(16)11(10)19(12)4-5/h3-4H,1-2H3/q+1. The minimum atomic E-state index is -1.85. The van der Waals surface area contributed by atoms with Crippen molar-refractivity contribution in [1.82, 2.24) is 9.38 Å². The molecular weight excluding hydrogens is 262 g/mol. The van der Waals surface area contributed by atoms with Crippen LogP contribution in [-0.2, 0) is 7.05 Å². The molecule has 0 bridgehead atoms. The SMILES string of the molecule is Cc1cn2c3c(F)c(F)c(F)c(F)c3nc2[n+](C)c1. The van der Waals surface area contributed by atoms with E-state index in [0.29, 0.717) is 0 Å². The van der Waals surface area contributed by atoms with Crippen LogP contribution in [0.15, 0.2) is 12.4 Å². The fourth-order valence-corrected chi connectivity index (χ4v) is 2.16. The second-order valence-corrected chi connectivity index (χ2v) is 4.35. The van der Waals surface area contributed by atoms with Crippen LogP contribution in [0.5, 0.6) is 0 Å². The highest BCUT2D eigenvalue weighted by Gasteiger charge is 2.30. The van der Waals surface area contributed by atoms with Gasteiger partial charge in [-0.2, -0.15) is 13.2 Å². The maximum Gasteiger partial charge on any atom is 0.404 e. The van der Waals surface area contributed by atoms with Gasteiger partial charge in [0.15, 0.2) is 5.52 Å². The Bertz CT molecular complexity index is 838. The van der Waals surface area contributed by atoms with Crippen LogP contribution in [0.25, 0.3) is 16.8 Å². The summed E-state index contributed by atoms with van der Waals surface area (Å²) in [6, 6.07) is 0. The van der Waals surface area contributed by atoms with Crippen LogP contribution >= 0.6 is 0 Å². The van der Waals surface area contributed by atoms with Gasteiger partial charge in [0.05, 0.1) is 19.4 Å². The van der Waals surface area contributed by atoms with Gasteiger partial charge in [0.2, 0.25) is 28.8 Å². The summed E-state index contributed by atoms with van der Waals surface area (Å²) in [4.78, 5) is 3.82. The van der Waals surface area contributed by atoms with Gasteiger partial charge in [-0.1, -0.05) is 4.98 Å². The summed E-state index contributed by atoms with van der Waals surface area (Å²) >= 11 is 0. The average Bonchev–Trinajstić information content (AvgIpc) is 2.73. The number of hydrogen-bond acceptors (Lipinski definition) is 1. The number of fused-ring (bicyclic) bond motifs is 3. The normalized spacial score (nSPS) is 11.7. The molecule has 0 spiro atoms. The summed E-state index contributed by atoms with van der Waals surface area (Å²) in [5, 5.41) is 0. The molecule has 19 heavy (non-hydrogen) atoms. The zero-order valence-electron chi connectivity index (χ0n) is 10.0. The van der Waals surface area contributed by atoms with E-state index in [1.807, 2.05) is 0 Å². The van der Waals surface area contributed by atoms with Crippen molar-refractivity contribution < 1.29 is 22.1 Å². The van der Waals surface area contributed by atoms with Crippen LogP contribution in [0.2, 0.25) is 0 Å². The lowest BCUT2D eigenvalue weighted by molar-refractivity contribution is -0.650. The van der Waals surface area contributed by atoms with Gasteiger partial charge < -0.3 is 0 Å². The Hall–Kier alpha value is -2.18. The van der Waals surface area contributed by atoms with E-state index in [2.05, 4.69) is 4.98 Å². The first-order valence-electron chi connectivity index (χ1n) is 5.41. The molecule has 3 nitrogen and oxygen atoms in total. The highest BCUT2D eigenvalue weighted by atomic mass is 19.2. The molecule has 2 aromatic heterocycles. The van der Waals surface area contributed by atoms with E-state index in [9.17, 15) is 17.6 Å². The van der Waals surface area contributed by atoms with E-state index >= 15 is 0 Å². The molecule has 3 rings (SSSR count). The summed E-state index contributed by atoms with van der Waals surface area (Å²) < 4.78 is 56.6. The van der Waals surface area contributed by atoms with Crippen molar-refractivity contribution in [2.45, 2.75) is 6.92 Å². The second-order valence-electron chi connectivity index (χ2n) is 4.35. The van der Waals surface area contributed by atoms with Gasteiger partial charge in [-0.3, -0.25) is 0 Å². The molecule has 0 aliphatic heterocycles. The van der Waals surface area contributed by atoms with Gasteiger partial charge in [0.25, 0.3) is 0 Å². The van der Waals surface area contributed by atoms with Crippen molar-refractivity contribution in [3.63, 3.8) is 0 Å². The van der Waals surface area contributed by atoms with Crippen LogP contribution < -0.4 is 4.57 Å². The zero-order chi connectivity index (χ0) is 13.9. The molecule has 0 aliphatic rings. The van der Waals surface area contributed by atoms with Crippen LogP contribution in [0, 0.1) is 30.2 Å². The molecule has 98 valence electrons. The molecule has 3 aromatic rings. The lowest BCUT2D eigenvalue weighted by Crippen LogP contribution is -2.31. The molecular formula is C12H8F4N3+. The summed E-state index contributed by atoms with van der Waals surface area (Å²) in [6.45, 7) is 1.74. The number of benzene rings is 1. The van der Waals surface area contributed by atoms with Crippen molar-refractivity contribution in [1.29, 1.82) is 0 Å². The number of rotatable bonds is 0. The maximum absolute atomic E-state index is 13.8. The van der Waals surface area contributed by atoms with Crippen LogP contribution in [0.3, 0.4) is 0 Å². The van der Waals surface area contributed by atoms with Crippen molar-refractivity contribution in [2.75, 3.05) is 0 Å². The Labute approximate surface area is 104 Å². The third-order valence-electron chi connectivity index (χ3n) is 2.93. The third-order valence-corrected chi connectivity index (χ3v) is 2.93. The van der Waals surface area contributed by atoms with E-state index in [4.69, 9.17) is 0 Å². The van der Waals surface area contributed by atoms with Crippen LogP contribution in [0.1, 0.15) is 5.56 Å². The smallest absolute Gasteiger partial charge is 0.237 e. The van der Waals surface area contributed by atoms with Gasteiger partial charge in [-0.15, -0.1) is 0 Å². The van der Waals surface area contributed by atoms with Gasteiger partial charge >= 0.3 is 5.78 Å². The predicted octanol–water partition coefficient (Wildman–Crippen LogP) is 2.18. The topological polar surface area (TPSA) is 21.2 Å². The summed E-state index contributed by atoms with van der Waals surface area (Å²) in [5.41, 5.74) is -0.206. The number of hydrogen-bond donors (Lipinski definition) is 0. The first-order valence-corrected chi connectivity index (χ1v) is 5.41. The van der Waals surface area contributed by atoms with E-state index in [1.165, 1.54) is 15.2 Å². The van der Waals surface area contributed by atoms with Crippen molar-refractivity contribution in [2.24, 2.45) is 7.05 Å². The lowest BCUT2D eigenvalue weighted by Gasteiger charge is -1.98. The minimum Gasteiger partial charge on any atom is -0.237 e. The van der Waals surface area contributed by atoms with Gasteiger partial charge in [0, 0.05) is 5.56 Å². The predicted molar refractivity (Wildman–Crippen MR) is 58.4 cm³/mol. The molecule has 2 heterocycles. The third kappa shape index (κ3) is 1.44. The van der Waals surface area contributed by atoms with E-state index in [1.54, 1.807) is 20.2 Å². The first-order chi connectivity index (χ1) is 8.91. The molecule has 0 amide bonds. The molecule has 0 aliphatic carbocycles. The molecule has 0 radical (unpaired) electrons. The quantitative estimate of drug-likeness (QED) is 0.265. The molecule has 0 saturated heterocycles. The van der Waals surface area contributed by atoms with E-state index in [-0.39, 0.29) is 5.78 Å². The fraction of sp³-hybridized carbons (Fsp3) is 0.167. The number of aromatic nitrogens is 3. The van der Waals surface area contributed by atoms with E-state index < -0.39 is 34.3 Å². The zero-order valence-corrected chi connectivity index (χ0v) is 10.0. The highest BCUT2D eigenvalue weighted by Crippen LogP contribution is 2.26.